The zero-order chi connectivity index (χ0) is 14.0. The van der Waals surface area contributed by atoms with E-state index in [1.165, 1.54) is 64.7 Å². The lowest BCUT2D eigenvalue weighted by molar-refractivity contribution is 0.348. The Balaban J connectivity index is 2.73. The second-order valence-corrected chi connectivity index (χ2v) is 10.9. The molecule has 0 atom stereocenters. The van der Waals surface area contributed by atoms with Crippen molar-refractivity contribution in [1.82, 2.24) is 9.88 Å². The third kappa shape index (κ3) is 5.56. The molecule has 1 fully saturated rings. The monoisotopic (exact) mass is 284 g/mol. The van der Waals surface area contributed by atoms with Crippen LogP contribution in [0.4, 0.5) is 0 Å². The second kappa shape index (κ2) is 9.95. The molecule has 1 aliphatic rings. The Labute approximate surface area is 122 Å². The third-order valence-corrected chi connectivity index (χ3v) is 10.4. The van der Waals surface area contributed by atoms with E-state index in [-0.39, 0.29) is 0 Å². The normalized spacial score (nSPS) is 17.8. The van der Waals surface area contributed by atoms with Gasteiger partial charge in [-0.2, -0.15) is 0 Å². The van der Waals surface area contributed by atoms with Gasteiger partial charge in [-0.3, -0.25) is 0 Å². The smallest absolute Gasteiger partial charge is 0.128 e. The number of nitrogens with zero attached hydrogens (tertiary/aromatic N) is 1. The molecule has 0 amide bonds. The SMILES string of the molecule is CCCC[Si](CCCC)(CCCC)N1CCNCC1. The van der Waals surface area contributed by atoms with Crippen LogP contribution in [0.5, 0.6) is 0 Å². The van der Waals surface area contributed by atoms with E-state index in [1.807, 2.05) is 0 Å². The predicted molar refractivity (Wildman–Crippen MR) is 89.3 cm³/mol. The Morgan fingerprint density at radius 3 is 1.58 bits per heavy atom. The van der Waals surface area contributed by atoms with Crippen LogP contribution in [-0.2, 0) is 0 Å². The van der Waals surface area contributed by atoms with Crippen molar-refractivity contribution in [3.8, 4) is 0 Å². The quantitative estimate of drug-likeness (QED) is 0.604. The zero-order valence-corrected chi connectivity index (χ0v) is 14.6. The van der Waals surface area contributed by atoms with Crippen LogP contribution < -0.4 is 5.32 Å². The molecule has 0 aromatic heterocycles. The number of nitrogens with one attached hydrogen (secondary N) is 1. The maximum Gasteiger partial charge on any atom is 0.128 e. The average Bonchev–Trinajstić information content (AvgIpc) is 2.48. The van der Waals surface area contributed by atoms with Gasteiger partial charge >= 0.3 is 0 Å². The van der Waals surface area contributed by atoms with E-state index in [1.54, 1.807) is 18.1 Å². The fourth-order valence-corrected chi connectivity index (χ4v) is 9.41. The molecular formula is C16H36N2Si. The van der Waals surface area contributed by atoms with Crippen LogP contribution >= 0.6 is 0 Å². The summed E-state index contributed by atoms with van der Waals surface area (Å²) in [6.07, 6.45) is 8.51. The van der Waals surface area contributed by atoms with Gasteiger partial charge < -0.3 is 9.88 Å². The summed E-state index contributed by atoms with van der Waals surface area (Å²) in [5.41, 5.74) is 0. The van der Waals surface area contributed by atoms with Gasteiger partial charge in [-0.25, -0.2) is 0 Å². The van der Waals surface area contributed by atoms with E-state index in [4.69, 9.17) is 0 Å². The first-order valence-corrected chi connectivity index (χ1v) is 11.3. The van der Waals surface area contributed by atoms with Gasteiger partial charge in [0.1, 0.15) is 8.24 Å². The van der Waals surface area contributed by atoms with E-state index < -0.39 is 8.24 Å². The average molecular weight is 285 g/mol. The minimum Gasteiger partial charge on any atom is -0.321 e. The van der Waals surface area contributed by atoms with Gasteiger partial charge in [0.15, 0.2) is 0 Å². The van der Waals surface area contributed by atoms with Crippen LogP contribution in [0.25, 0.3) is 0 Å². The van der Waals surface area contributed by atoms with Gasteiger partial charge in [-0.05, 0) is 18.1 Å². The Bertz CT molecular complexity index is 193. The molecule has 0 aromatic carbocycles. The van der Waals surface area contributed by atoms with Gasteiger partial charge in [-0.1, -0.05) is 59.3 Å². The molecule has 0 spiro atoms. The first-order chi connectivity index (χ1) is 9.29. The molecule has 0 aromatic rings. The Hall–Kier alpha value is 0.137. The van der Waals surface area contributed by atoms with Crippen molar-refractivity contribution in [3.63, 3.8) is 0 Å². The van der Waals surface area contributed by atoms with E-state index in [0.29, 0.717) is 0 Å². The fraction of sp³-hybridized carbons (Fsp3) is 1.00. The predicted octanol–water partition coefficient (Wildman–Crippen LogP) is 4.24. The highest BCUT2D eigenvalue weighted by Crippen LogP contribution is 2.32. The first-order valence-electron chi connectivity index (χ1n) is 8.75. The number of rotatable bonds is 10. The maximum absolute atomic E-state index is 3.54. The van der Waals surface area contributed by atoms with Crippen LogP contribution in [0.1, 0.15) is 59.3 Å². The van der Waals surface area contributed by atoms with Crippen LogP contribution in [0.2, 0.25) is 18.1 Å². The van der Waals surface area contributed by atoms with Crippen molar-refractivity contribution in [1.29, 1.82) is 0 Å². The molecule has 0 radical (unpaired) electrons. The molecule has 0 unspecified atom stereocenters. The lowest BCUT2D eigenvalue weighted by Crippen LogP contribution is -2.59. The number of unbranched alkanes of at least 4 members (excludes halogenated alkanes) is 3. The molecule has 1 saturated heterocycles. The van der Waals surface area contributed by atoms with Crippen molar-refractivity contribution in [2.45, 2.75) is 77.4 Å². The summed E-state index contributed by atoms with van der Waals surface area (Å²) >= 11 is 0. The molecule has 1 N–H and O–H groups in total. The zero-order valence-electron chi connectivity index (χ0n) is 13.6. The largest absolute Gasteiger partial charge is 0.321 e. The van der Waals surface area contributed by atoms with Crippen molar-refractivity contribution in [3.05, 3.63) is 0 Å². The summed E-state index contributed by atoms with van der Waals surface area (Å²) in [5.74, 6) is 0. The van der Waals surface area contributed by atoms with E-state index in [0.717, 1.165) is 0 Å². The number of hydrogen-bond donors (Lipinski definition) is 1. The van der Waals surface area contributed by atoms with E-state index in [9.17, 15) is 0 Å². The minimum atomic E-state index is -1.16. The minimum absolute atomic E-state index is 1.16. The summed E-state index contributed by atoms with van der Waals surface area (Å²) in [5, 5.41) is 3.54. The van der Waals surface area contributed by atoms with Gasteiger partial charge in [0.05, 0.1) is 0 Å². The van der Waals surface area contributed by atoms with Crippen LogP contribution in [0.15, 0.2) is 0 Å². The Morgan fingerprint density at radius 2 is 1.21 bits per heavy atom. The summed E-state index contributed by atoms with van der Waals surface area (Å²) in [6.45, 7) is 12.2. The molecule has 0 bridgehead atoms. The molecular weight excluding hydrogens is 248 g/mol. The molecule has 19 heavy (non-hydrogen) atoms. The van der Waals surface area contributed by atoms with E-state index in [2.05, 4.69) is 30.7 Å². The summed E-state index contributed by atoms with van der Waals surface area (Å²) in [4.78, 5) is 0. The van der Waals surface area contributed by atoms with Crippen molar-refractivity contribution < 1.29 is 0 Å². The molecule has 1 heterocycles. The first kappa shape index (κ1) is 17.2. The summed E-state index contributed by atoms with van der Waals surface area (Å²) in [6, 6.07) is 4.68. The summed E-state index contributed by atoms with van der Waals surface area (Å²) in [7, 11) is -1.16. The van der Waals surface area contributed by atoms with Gasteiger partial charge in [0.25, 0.3) is 0 Å². The van der Waals surface area contributed by atoms with Crippen LogP contribution in [0, 0.1) is 0 Å². The molecule has 2 nitrogen and oxygen atoms in total. The standard InChI is InChI=1S/C16H36N2Si/c1-4-7-14-19(15-8-5-2,16-9-6-3)18-12-10-17-11-13-18/h17H,4-16H2,1-3H3. The maximum atomic E-state index is 3.54. The molecule has 1 rings (SSSR count). The molecule has 114 valence electrons. The van der Waals surface area contributed by atoms with Crippen LogP contribution in [-0.4, -0.2) is 39.0 Å². The molecule has 3 heteroatoms. The highest BCUT2D eigenvalue weighted by atomic mass is 28.3. The number of hydrogen-bond acceptors (Lipinski definition) is 2. The lowest BCUT2D eigenvalue weighted by Gasteiger charge is -2.45. The van der Waals surface area contributed by atoms with Gasteiger partial charge in [0.2, 0.25) is 0 Å². The lowest BCUT2D eigenvalue weighted by atomic mass is 10.4. The highest BCUT2D eigenvalue weighted by molar-refractivity contribution is 6.77. The van der Waals surface area contributed by atoms with Gasteiger partial charge in [-0.15, -0.1) is 0 Å². The Kier molecular flexibility index (Phi) is 9.00. The number of piperazine rings is 1. The summed E-state index contributed by atoms with van der Waals surface area (Å²) < 4.78 is 2.98. The van der Waals surface area contributed by atoms with E-state index >= 15 is 0 Å². The second-order valence-electron chi connectivity index (χ2n) is 6.27. The molecule has 1 aliphatic heterocycles. The van der Waals surface area contributed by atoms with Crippen LogP contribution in [0.3, 0.4) is 0 Å². The van der Waals surface area contributed by atoms with Gasteiger partial charge in [0, 0.05) is 26.2 Å². The van der Waals surface area contributed by atoms with Crippen molar-refractivity contribution in [2.24, 2.45) is 0 Å². The third-order valence-electron chi connectivity index (χ3n) is 4.77. The van der Waals surface area contributed by atoms with Crippen molar-refractivity contribution in [2.75, 3.05) is 26.2 Å². The Morgan fingerprint density at radius 1 is 0.789 bits per heavy atom. The highest BCUT2D eigenvalue weighted by Gasteiger charge is 2.37. The topological polar surface area (TPSA) is 15.3 Å². The molecule has 0 aliphatic carbocycles. The fourth-order valence-electron chi connectivity index (χ4n) is 3.51. The molecule has 0 saturated carbocycles. The van der Waals surface area contributed by atoms with Crippen molar-refractivity contribution >= 4 is 8.24 Å².